The standard InChI is InChI=1S/C16H15F2NO2/c1-9-7-15(20)10(2)6-14(9)19-16(21)8-11-12(17)4-3-5-13(11)18/h3-7,20H,8H2,1-2H3,(H,19,21). The van der Waals surface area contributed by atoms with E-state index in [2.05, 4.69) is 5.32 Å². The van der Waals surface area contributed by atoms with Gasteiger partial charge in [0.2, 0.25) is 5.91 Å². The number of amides is 1. The van der Waals surface area contributed by atoms with E-state index in [1.54, 1.807) is 19.9 Å². The highest BCUT2D eigenvalue weighted by Crippen LogP contribution is 2.25. The monoisotopic (exact) mass is 291 g/mol. The molecular formula is C16H15F2NO2. The van der Waals surface area contributed by atoms with E-state index >= 15 is 0 Å². The topological polar surface area (TPSA) is 49.3 Å². The van der Waals surface area contributed by atoms with Gasteiger partial charge in [0.15, 0.2) is 0 Å². The Kier molecular flexibility index (Phi) is 4.21. The molecule has 0 aliphatic carbocycles. The molecule has 0 heterocycles. The van der Waals surface area contributed by atoms with Crippen LogP contribution >= 0.6 is 0 Å². The lowest BCUT2D eigenvalue weighted by Crippen LogP contribution is -2.17. The van der Waals surface area contributed by atoms with Gasteiger partial charge in [0.05, 0.1) is 6.42 Å². The largest absolute Gasteiger partial charge is 0.508 e. The van der Waals surface area contributed by atoms with Gasteiger partial charge in [0, 0.05) is 11.3 Å². The lowest BCUT2D eigenvalue weighted by atomic mass is 10.1. The first-order valence-electron chi connectivity index (χ1n) is 6.41. The summed E-state index contributed by atoms with van der Waals surface area (Å²) < 4.78 is 27.0. The number of hydrogen-bond donors (Lipinski definition) is 2. The third-order valence-electron chi connectivity index (χ3n) is 3.22. The third-order valence-corrected chi connectivity index (χ3v) is 3.22. The first-order valence-corrected chi connectivity index (χ1v) is 6.41. The molecule has 0 saturated carbocycles. The molecule has 0 bridgehead atoms. The van der Waals surface area contributed by atoms with E-state index in [-0.39, 0.29) is 11.3 Å². The van der Waals surface area contributed by atoms with Gasteiger partial charge >= 0.3 is 0 Å². The van der Waals surface area contributed by atoms with E-state index in [0.717, 1.165) is 12.1 Å². The number of halogens is 2. The Labute approximate surface area is 121 Å². The number of aromatic hydroxyl groups is 1. The zero-order valence-electron chi connectivity index (χ0n) is 11.7. The molecule has 2 aromatic rings. The van der Waals surface area contributed by atoms with Crippen molar-refractivity contribution in [1.29, 1.82) is 0 Å². The predicted octanol–water partition coefficient (Wildman–Crippen LogP) is 3.47. The fraction of sp³-hybridized carbons (Fsp3) is 0.188. The van der Waals surface area contributed by atoms with E-state index in [1.807, 2.05) is 0 Å². The maximum Gasteiger partial charge on any atom is 0.229 e. The minimum absolute atomic E-state index is 0.130. The molecular weight excluding hydrogens is 276 g/mol. The van der Waals surface area contributed by atoms with Crippen molar-refractivity contribution in [3.8, 4) is 5.75 Å². The minimum atomic E-state index is -0.747. The summed E-state index contributed by atoms with van der Waals surface area (Å²) in [6.45, 7) is 3.42. The molecule has 0 unspecified atom stereocenters. The van der Waals surface area contributed by atoms with E-state index < -0.39 is 24.0 Å². The number of rotatable bonds is 3. The van der Waals surface area contributed by atoms with Crippen molar-refractivity contribution in [2.24, 2.45) is 0 Å². The van der Waals surface area contributed by atoms with Crippen LogP contribution in [-0.4, -0.2) is 11.0 Å². The van der Waals surface area contributed by atoms with E-state index in [0.29, 0.717) is 16.8 Å². The van der Waals surface area contributed by atoms with Crippen LogP contribution in [0, 0.1) is 25.5 Å². The Morgan fingerprint density at radius 3 is 2.38 bits per heavy atom. The van der Waals surface area contributed by atoms with Crippen molar-refractivity contribution in [3.05, 3.63) is 58.7 Å². The van der Waals surface area contributed by atoms with Gasteiger partial charge in [-0.1, -0.05) is 6.07 Å². The summed E-state index contributed by atoms with van der Waals surface area (Å²) in [5.74, 6) is -1.88. The Bertz CT molecular complexity index is 679. The van der Waals surface area contributed by atoms with Gasteiger partial charge in [-0.25, -0.2) is 8.78 Å². The summed E-state index contributed by atoms with van der Waals surface area (Å²) in [6.07, 6.45) is -0.391. The SMILES string of the molecule is Cc1cc(NC(=O)Cc2c(F)cccc2F)c(C)cc1O. The van der Waals surface area contributed by atoms with Crippen LogP contribution in [0.2, 0.25) is 0 Å². The fourth-order valence-corrected chi connectivity index (χ4v) is 1.99. The molecule has 3 nitrogen and oxygen atoms in total. The van der Waals surface area contributed by atoms with E-state index in [9.17, 15) is 18.7 Å². The molecule has 0 aliphatic rings. The number of carbonyl (C=O) groups excluding carboxylic acids is 1. The second-order valence-electron chi connectivity index (χ2n) is 4.88. The minimum Gasteiger partial charge on any atom is -0.508 e. The van der Waals surface area contributed by atoms with Crippen LogP contribution in [0.5, 0.6) is 5.75 Å². The third kappa shape index (κ3) is 3.37. The van der Waals surface area contributed by atoms with Crippen LogP contribution in [0.1, 0.15) is 16.7 Å². The maximum atomic E-state index is 13.5. The van der Waals surface area contributed by atoms with Crippen LogP contribution in [0.4, 0.5) is 14.5 Å². The summed E-state index contributed by atoms with van der Waals surface area (Å²) in [5.41, 5.74) is 1.52. The number of carbonyl (C=O) groups is 1. The molecule has 0 aliphatic heterocycles. The first kappa shape index (κ1) is 15.0. The number of anilines is 1. The number of hydrogen-bond acceptors (Lipinski definition) is 2. The average Bonchev–Trinajstić information content (AvgIpc) is 2.40. The lowest BCUT2D eigenvalue weighted by Gasteiger charge is -2.11. The summed E-state index contributed by atoms with van der Waals surface area (Å²) in [6, 6.07) is 6.61. The number of aryl methyl sites for hydroxylation is 2. The van der Waals surface area contributed by atoms with Crippen LogP contribution in [0.25, 0.3) is 0 Å². The van der Waals surface area contributed by atoms with Gasteiger partial charge in [-0.3, -0.25) is 4.79 Å². The zero-order valence-corrected chi connectivity index (χ0v) is 11.7. The Morgan fingerprint density at radius 2 is 1.76 bits per heavy atom. The summed E-state index contributed by atoms with van der Waals surface area (Å²) in [7, 11) is 0. The van der Waals surface area contributed by atoms with Crippen LogP contribution in [0.3, 0.4) is 0 Å². The highest BCUT2D eigenvalue weighted by atomic mass is 19.1. The molecule has 0 spiro atoms. The summed E-state index contributed by atoms with van der Waals surface area (Å²) in [4.78, 5) is 11.9. The zero-order chi connectivity index (χ0) is 15.6. The lowest BCUT2D eigenvalue weighted by molar-refractivity contribution is -0.115. The van der Waals surface area contributed by atoms with Crippen molar-refractivity contribution in [1.82, 2.24) is 0 Å². The number of phenolic OH excluding ortho intramolecular Hbond substituents is 1. The molecule has 5 heteroatoms. The molecule has 110 valence electrons. The molecule has 2 N–H and O–H groups in total. The molecule has 0 aromatic heterocycles. The number of nitrogens with one attached hydrogen (secondary N) is 1. The number of benzene rings is 2. The van der Waals surface area contributed by atoms with Crippen molar-refractivity contribution < 1.29 is 18.7 Å². The average molecular weight is 291 g/mol. The van der Waals surface area contributed by atoms with Crippen molar-refractivity contribution in [2.45, 2.75) is 20.3 Å². The molecule has 0 radical (unpaired) electrons. The van der Waals surface area contributed by atoms with Crippen LogP contribution < -0.4 is 5.32 Å². The van der Waals surface area contributed by atoms with Gasteiger partial charge in [-0.15, -0.1) is 0 Å². The van der Waals surface area contributed by atoms with E-state index in [4.69, 9.17) is 0 Å². The second kappa shape index (κ2) is 5.91. The number of phenols is 1. The van der Waals surface area contributed by atoms with Crippen molar-refractivity contribution in [3.63, 3.8) is 0 Å². The van der Waals surface area contributed by atoms with Crippen molar-refractivity contribution >= 4 is 11.6 Å². The van der Waals surface area contributed by atoms with Gasteiger partial charge < -0.3 is 10.4 Å². The Morgan fingerprint density at radius 1 is 1.14 bits per heavy atom. The van der Waals surface area contributed by atoms with Gasteiger partial charge in [-0.2, -0.15) is 0 Å². The fourth-order valence-electron chi connectivity index (χ4n) is 1.99. The second-order valence-corrected chi connectivity index (χ2v) is 4.88. The molecule has 1 amide bonds. The van der Waals surface area contributed by atoms with E-state index in [1.165, 1.54) is 12.1 Å². The molecule has 21 heavy (non-hydrogen) atoms. The summed E-state index contributed by atoms with van der Waals surface area (Å²) >= 11 is 0. The normalized spacial score (nSPS) is 10.5. The molecule has 0 saturated heterocycles. The van der Waals surface area contributed by atoms with Crippen LogP contribution in [-0.2, 0) is 11.2 Å². The Balaban J connectivity index is 2.18. The molecule has 2 rings (SSSR count). The molecule has 0 atom stereocenters. The summed E-state index contributed by atoms with van der Waals surface area (Å²) in [5, 5.41) is 12.2. The Hall–Kier alpha value is -2.43. The first-order chi connectivity index (χ1) is 9.88. The van der Waals surface area contributed by atoms with Gasteiger partial charge in [-0.05, 0) is 49.2 Å². The highest BCUT2D eigenvalue weighted by Gasteiger charge is 2.14. The predicted molar refractivity (Wildman–Crippen MR) is 76.3 cm³/mol. The van der Waals surface area contributed by atoms with Crippen molar-refractivity contribution in [2.75, 3.05) is 5.32 Å². The van der Waals surface area contributed by atoms with Gasteiger partial charge in [0.25, 0.3) is 0 Å². The molecule has 0 fully saturated rings. The quantitative estimate of drug-likeness (QED) is 0.851. The maximum absolute atomic E-state index is 13.5. The smallest absolute Gasteiger partial charge is 0.229 e. The highest BCUT2D eigenvalue weighted by molar-refractivity contribution is 5.93. The molecule has 2 aromatic carbocycles. The van der Waals surface area contributed by atoms with Gasteiger partial charge in [0.1, 0.15) is 17.4 Å². The van der Waals surface area contributed by atoms with Crippen LogP contribution in [0.15, 0.2) is 30.3 Å².